The maximum atomic E-state index is 14.8. The summed E-state index contributed by atoms with van der Waals surface area (Å²) in [6.45, 7) is 0.880. The van der Waals surface area contributed by atoms with E-state index in [0.29, 0.717) is 0 Å². The van der Waals surface area contributed by atoms with Crippen LogP contribution < -0.4 is 11.1 Å². The zero-order valence-electron chi connectivity index (χ0n) is 15.6. The maximum absolute atomic E-state index is 14.8. The Morgan fingerprint density at radius 3 is 2.61 bits per heavy atom. The summed E-state index contributed by atoms with van der Waals surface area (Å²) in [6, 6.07) is 5.21. The largest absolute Gasteiger partial charge is 0.449 e. The van der Waals surface area contributed by atoms with Gasteiger partial charge >= 0.3 is 6.18 Å². The number of hydrogen-bond acceptors (Lipinski definition) is 7. The molecule has 0 fully saturated rings. The lowest BCUT2D eigenvalue weighted by Crippen LogP contribution is -2.55. The highest BCUT2D eigenvalue weighted by atomic mass is 19.4. The van der Waals surface area contributed by atoms with Gasteiger partial charge in [-0.25, -0.2) is 23.7 Å². The second-order valence-corrected chi connectivity index (χ2v) is 6.60. The molecule has 3 heterocycles. The summed E-state index contributed by atoms with van der Waals surface area (Å²) in [5.74, 6) is -2.27. The molecule has 0 aliphatic carbocycles. The van der Waals surface area contributed by atoms with Gasteiger partial charge in [-0.3, -0.25) is 4.79 Å². The topological polar surface area (TPSA) is 126 Å². The minimum atomic E-state index is -5.15. The van der Waals surface area contributed by atoms with Crippen LogP contribution in [-0.4, -0.2) is 40.3 Å². The molecule has 13 heteroatoms. The molecule has 2 aromatic rings. The SMILES string of the molecule is C[C@]1(c2nc(NC(=O)c3ccc(C#N)cn3)ccc2F)N=C(N)O[C@@H](C(F)(F)F)[C@@H]1F. The summed E-state index contributed by atoms with van der Waals surface area (Å²) in [5.41, 5.74) is 2.06. The summed E-state index contributed by atoms with van der Waals surface area (Å²) in [5, 5.41) is 11.0. The molecule has 0 radical (unpaired) electrons. The lowest BCUT2D eigenvalue weighted by Gasteiger charge is -2.38. The van der Waals surface area contributed by atoms with Crippen molar-refractivity contribution in [2.24, 2.45) is 10.7 Å². The number of aliphatic imine (C=N–C) groups is 1. The summed E-state index contributed by atoms with van der Waals surface area (Å²) in [7, 11) is 0. The van der Waals surface area contributed by atoms with E-state index in [2.05, 4.69) is 25.0 Å². The minimum absolute atomic E-state index is 0.119. The molecule has 0 unspecified atom stereocenters. The molecule has 162 valence electrons. The number of pyridine rings is 2. The predicted octanol–water partition coefficient (Wildman–Crippen LogP) is 2.57. The van der Waals surface area contributed by atoms with Crippen LogP contribution in [0.5, 0.6) is 0 Å². The van der Waals surface area contributed by atoms with E-state index in [9.17, 15) is 26.7 Å². The highest BCUT2D eigenvalue weighted by Gasteiger charge is 2.59. The van der Waals surface area contributed by atoms with Gasteiger partial charge in [-0.2, -0.15) is 18.4 Å². The Bertz CT molecular complexity index is 1080. The van der Waals surface area contributed by atoms with E-state index in [-0.39, 0.29) is 17.1 Å². The smallest absolute Gasteiger partial charge is 0.428 e. The van der Waals surface area contributed by atoms with Gasteiger partial charge in [-0.1, -0.05) is 0 Å². The molecule has 0 saturated heterocycles. The first-order valence-electron chi connectivity index (χ1n) is 8.53. The molecule has 0 aromatic carbocycles. The first-order chi connectivity index (χ1) is 14.5. The number of nitrogens with zero attached hydrogens (tertiary/aromatic N) is 4. The van der Waals surface area contributed by atoms with Crippen LogP contribution in [0.15, 0.2) is 35.5 Å². The fourth-order valence-corrected chi connectivity index (χ4v) is 2.86. The van der Waals surface area contributed by atoms with Crippen molar-refractivity contribution < 1.29 is 31.5 Å². The van der Waals surface area contributed by atoms with E-state index in [4.69, 9.17) is 11.0 Å². The average molecular weight is 440 g/mol. The van der Waals surface area contributed by atoms with E-state index in [0.717, 1.165) is 25.3 Å². The number of ether oxygens (including phenoxy) is 1. The van der Waals surface area contributed by atoms with Gasteiger partial charge in [0.15, 0.2) is 6.17 Å². The number of halogens is 5. The number of amides is 1. The Kier molecular flexibility index (Phi) is 5.49. The number of alkyl halides is 4. The Balaban J connectivity index is 1.95. The van der Waals surface area contributed by atoms with Crippen molar-refractivity contribution in [3.8, 4) is 6.07 Å². The number of nitrogens with one attached hydrogen (secondary N) is 1. The number of anilines is 1. The normalized spacial score (nSPS) is 23.3. The predicted molar refractivity (Wildman–Crippen MR) is 95.9 cm³/mol. The molecule has 8 nitrogen and oxygen atoms in total. The number of hydrogen-bond donors (Lipinski definition) is 2. The van der Waals surface area contributed by atoms with Crippen LogP contribution in [-0.2, 0) is 10.3 Å². The molecule has 1 aliphatic heterocycles. The zero-order chi connectivity index (χ0) is 23.0. The first kappa shape index (κ1) is 21.9. The third-order valence-corrected chi connectivity index (χ3v) is 4.41. The lowest BCUT2D eigenvalue weighted by atomic mass is 9.87. The molecule has 3 atom stereocenters. The molecule has 0 spiro atoms. The molecular formula is C18H13F5N6O2. The van der Waals surface area contributed by atoms with E-state index in [1.807, 2.05) is 6.07 Å². The molecule has 2 aromatic heterocycles. The summed E-state index contributed by atoms with van der Waals surface area (Å²) in [6.07, 6.45) is -9.88. The molecular weight excluding hydrogens is 427 g/mol. The Morgan fingerprint density at radius 1 is 1.32 bits per heavy atom. The molecule has 1 amide bonds. The Hall–Kier alpha value is -3.82. The molecule has 0 saturated carbocycles. The number of carbonyl (C=O) groups excluding carboxylic acids is 1. The molecule has 0 bridgehead atoms. The van der Waals surface area contributed by atoms with Crippen molar-refractivity contribution in [2.75, 3.05) is 5.32 Å². The van der Waals surface area contributed by atoms with Crippen LogP contribution in [0.4, 0.5) is 27.8 Å². The quantitative estimate of drug-likeness (QED) is 0.707. The highest BCUT2D eigenvalue weighted by molar-refractivity contribution is 6.02. The van der Waals surface area contributed by atoms with Gasteiger partial charge in [0.1, 0.15) is 34.6 Å². The van der Waals surface area contributed by atoms with Crippen molar-refractivity contribution in [1.82, 2.24) is 9.97 Å². The number of amidine groups is 1. The number of nitrogens with two attached hydrogens (primary N) is 1. The molecule has 31 heavy (non-hydrogen) atoms. The summed E-state index contributed by atoms with van der Waals surface area (Å²) < 4.78 is 73.0. The van der Waals surface area contributed by atoms with E-state index in [1.54, 1.807) is 0 Å². The van der Waals surface area contributed by atoms with Crippen molar-refractivity contribution in [3.63, 3.8) is 0 Å². The second-order valence-electron chi connectivity index (χ2n) is 6.60. The monoisotopic (exact) mass is 440 g/mol. The number of nitriles is 1. The van der Waals surface area contributed by atoms with Crippen LogP contribution in [0.1, 0.15) is 28.7 Å². The lowest BCUT2D eigenvalue weighted by molar-refractivity contribution is -0.227. The van der Waals surface area contributed by atoms with Gasteiger partial charge in [0, 0.05) is 6.20 Å². The van der Waals surface area contributed by atoms with Crippen molar-refractivity contribution in [3.05, 3.63) is 53.2 Å². The van der Waals surface area contributed by atoms with Crippen molar-refractivity contribution in [2.45, 2.75) is 30.9 Å². The van der Waals surface area contributed by atoms with Crippen LogP contribution in [0.2, 0.25) is 0 Å². The number of aromatic nitrogens is 2. The van der Waals surface area contributed by atoms with Crippen LogP contribution in [0.25, 0.3) is 0 Å². The molecule has 3 N–H and O–H groups in total. The fourth-order valence-electron chi connectivity index (χ4n) is 2.86. The third-order valence-electron chi connectivity index (χ3n) is 4.41. The van der Waals surface area contributed by atoms with Gasteiger partial charge in [0.05, 0.1) is 5.56 Å². The Labute approximate surface area is 171 Å². The zero-order valence-corrected chi connectivity index (χ0v) is 15.6. The van der Waals surface area contributed by atoms with Crippen LogP contribution in [0.3, 0.4) is 0 Å². The maximum Gasteiger partial charge on any atom is 0.428 e. The second kappa shape index (κ2) is 7.78. The van der Waals surface area contributed by atoms with Gasteiger partial charge in [0.25, 0.3) is 11.9 Å². The third kappa shape index (κ3) is 4.23. The number of carbonyl (C=O) groups is 1. The van der Waals surface area contributed by atoms with E-state index in [1.165, 1.54) is 12.1 Å². The van der Waals surface area contributed by atoms with Gasteiger partial charge < -0.3 is 15.8 Å². The van der Waals surface area contributed by atoms with Crippen LogP contribution in [0, 0.1) is 17.1 Å². The van der Waals surface area contributed by atoms with E-state index < -0.39 is 47.4 Å². The van der Waals surface area contributed by atoms with Crippen molar-refractivity contribution in [1.29, 1.82) is 5.26 Å². The first-order valence-corrected chi connectivity index (χ1v) is 8.53. The highest BCUT2D eigenvalue weighted by Crippen LogP contribution is 2.42. The fraction of sp³-hybridized carbons (Fsp3) is 0.278. The standard InChI is InChI=1S/C18H13F5N6O2/c1-17(12(20)14(18(21,22)23)31-16(25)29-17)13-9(19)3-5-11(27-13)28-15(30)10-4-2-8(6-24)7-26-10/h2-5,7,12,14H,1H3,(H2,25,29)(H,27,28,30)/t12-,14+,17-/m0/s1. The Morgan fingerprint density at radius 2 is 2.03 bits per heavy atom. The molecule has 1 aliphatic rings. The summed E-state index contributed by atoms with van der Waals surface area (Å²) in [4.78, 5) is 23.3. The molecule has 3 rings (SSSR count). The van der Waals surface area contributed by atoms with Crippen LogP contribution >= 0.6 is 0 Å². The van der Waals surface area contributed by atoms with Gasteiger partial charge in [-0.05, 0) is 31.2 Å². The van der Waals surface area contributed by atoms with Gasteiger partial charge in [-0.15, -0.1) is 0 Å². The van der Waals surface area contributed by atoms with Crippen molar-refractivity contribution >= 4 is 17.7 Å². The minimum Gasteiger partial charge on any atom is -0.449 e. The van der Waals surface area contributed by atoms with Gasteiger partial charge in [0.2, 0.25) is 6.10 Å². The average Bonchev–Trinajstić information content (AvgIpc) is 2.71. The number of rotatable bonds is 3. The summed E-state index contributed by atoms with van der Waals surface area (Å²) >= 11 is 0. The van der Waals surface area contributed by atoms with E-state index >= 15 is 0 Å².